The SMILES string of the molecule is O=C(Cc1ccc2cc(F)ccc2n1)NC1CCCC1. The van der Waals surface area contributed by atoms with Gasteiger partial charge in [-0.15, -0.1) is 0 Å². The molecule has 0 saturated heterocycles. The molecule has 4 heteroatoms. The Morgan fingerprint density at radius 2 is 2.05 bits per heavy atom. The molecular formula is C16H17FN2O. The fourth-order valence-electron chi connectivity index (χ4n) is 2.75. The second kappa shape index (κ2) is 5.57. The van der Waals surface area contributed by atoms with Gasteiger partial charge in [-0.05, 0) is 37.1 Å². The summed E-state index contributed by atoms with van der Waals surface area (Å²) in [5.41, 5.74) is 1.44. The number of amides is 1. The first-order valence-electron chi connectivity index (χ1n) is 7.05. The molecule has 0 bridgehead atoms. The van der Waals surface area contributed by atoms with E-state index in [-0.39, 0.29) is 18.1 Å². The number of benzene rings is 1. The van der Waals surface area contributed by atoms with E-state index in [0.29, 0.717) is 6.04 Å². The lowest BCUT2D eigenvalue weighted by Crippen LogP contribution is -2.33. The van der Waals surface area contributed by atoms with E-state index in [9.17, 15) is 9.18 Å². The van der Waals surface area contributed by atoms with Gasteiger partial charge in [0.05, 0.1) is 17.6 Å². The van der Waals surface area contributed by atoms with Gasteiger partial charge in [0.1, 0.15) is 5.82 Å². The van der Waals surface area contributed by atoms with E-state index in [2.05, 4.69) is 10.3 Å². The summed E-state index contributed by atoms with van der Waals surface area (Å²) in [5.74, 6) is -0.253. The summed E-state index contributed by atoms with van der Waals surface area (Å²) in [6, 6.07) is 8.41. The van der Waals surface area contributed by atoms with Crippen LogP contribution in [0, 0.1) is 5.82 Å². The number of nitrogens with zero attached hydrogens (tertiary/aromatic N) is 1. The van der Waals surface area contributed by atoms with Crippen molar-refractivity contribution in [2.45, 2.75) is 38.1 Å². The largest absolute Gasteiger partial charge is 0.353 e. The maximum atomic E-state index is 13.1. The normalized spacial score (nSPS) is 15.7. The van der Waals surface area contributed by atoms with Gasteiger partial charge in [0.25, 0.3) is 0 Å². The van der Waals surface area contributed by atoms with Crippen molar-refractivity contribution in [2.24, 2.45) is 0 Å². The van der Waals surface area contributed by atoms with Gasteiger partial charge in [0, 0.05) is 11.4 Å². The maximum absolute atomic E-state index is 13.1. The van der Waals surface area contributed by atoms with Crippen molar-refractivity contribution in [1.82, 2.24) is 10.3 Å². The number of fused-ring (bicyclic) bond motifs is 1. The minimum absolute atomic E-state index is 0.0193. The highest BCUT2D eigenvalue weighted by atomic mass is 19.1. The molecule has 1 N–H and O–H groups in total. The van der Waals surface area contributed by atoms with E-state index in [4.69, 9.17) is 0 Å². The molecule has 2 aromatic rings. The number of halogens is 1. The summed E-state index contributed by atoms with van der Waals surface area (Å²) in [6.45, 7) is 0. The first kappa shape index (κ1) is 13.0. The first-order chi connectivity index (χ1) is 9.70. The molecule has 3 rings (SSSR count). The van der Waals surface area contributed by atoms with Gasteiger partial charge in [-0.1, -0.05) is 18.9 Å². The van der Waals surface area contributed by atoms with Crippen LogP contribution in [0.25, 0.3) is 10.9 Å². The molecule has 0 aliphatic heterocycles. The van der Waals surface area contributed by atoms with Crippen LogP contribution < -0.4 is 5.32 Å². The molecule has 1 fully saturated rings. The van der Waals surface area contributed by atoms with Gasteiger partial charge in [0.15, 0.2) is 0 Å². The van der Waals surface area contributed by atoms with Crippen LogP contribution in [-0.4, -0.2) is 16.9 Å². The lowest BCUT2D eigenvalue weighted by atomic mass is 10.1. The average molecular weight is 272 g/mol. The van der Waals surface area contributed by atoms with Crippen LogP contribution in [0.4, 0.5) is 4.39 Å². The number of carbonyl (C=O) groups excluding carboxylic acids is 1. The molecule has 1 amide bonds. The van der Waals surface area contributed by atoms with Crippen LogP contribution in [0.3, 0.4) is 0 Å². The van der Waals surface area contributed by atoms with Crippen LogP contribution >= 0.6 is 0 Å². The van der Waals surface area contributed by atoms with Crippen LogP contribution in [0.1, 0.15) is 31.4 Å². The van der Waals surface area contributed by atoms with Crippen LogP contribution in [0.15, 0.2) is 30.3 Å². The zero-order chi connectivity index (χ0) is 13.9. The van der Waals surface area contributed by atoms with Crippen LogP contribution in [0.2, 0.25) is 0 Å². The second-order valence-electron chi connectivity index (χ2n) is 5.37. The number of carbonyl (C=O) groups is 1. The Bertz CT molecular complexity index is 635. The topological polar surface area (TPSA) is 42.0 Å². The predicted octanol–water partition coefficient (Wildman–Crippen LogP) is 2.98. The maximum Gasteiger partial charge on any atom is 0.226 e. The molecule has 1 saturated carbocycles. The minimum atomic E-state index is -0.272. The van der Waals surface area contributed by atoms with Crippen LogP contribution in [-0.2, 0) is 11.2 Å². The predicted molar refractivity (Wildman–Crippen MR) is 75.8 cm³/mol. The van der Waals surface area contributed by atoms with Crippen molar-refractivity contribution < 1.29 is 9.18 Å². The van der Waals surface area contributed by atoms with Gasteiger partial charge >= 0.3 is 0 Å². The molecular weight excluding hydrogens is 255 g/mol. The molecule has 1 heterocycles. The fourth-order valence-corrected chi connectivity index (χ4v) is 2.75. The molecule has 0 radical (unpaired) electrons. The Morgan fingerprint density at radius 3 is 2.85 bits per heavy atom. The number of aromatic nitrogens is 1. The van der Waals surface area contributed by atoms with E-state index in [0.717, 1.165) is 29.4 Å². The Hall–Kier alpha value is -1.97. The van der Waals surface area contributed by atoms with Crippen molar-refractivity contribution in [3.63, 3.8) is 0 Å². The number of hydrogen-bond donors (Lipinski definition) is 1. The van der Waals surface area contributed by atoms with Gasteiger partial charge in [-0.2, -0.15) is 0 Å². The minimum Gasteiger partial charge on any atom is -0.353 e. The van der Waals surface area contributed by atoms with E-state index in [1.807, 2.05) is 6.07 Å². The Balaban J connectivity index is 1.70. The molecule has 1 aromatic carbocycles. The Kier molecular flexibility index (Phi) is 3.63. The number of hydrogen-bond acceptors (Lipinski definition) is 2. The molecule has 1 aliphatic carbocycles. The molecule has 0 spiro atoms. The van der Waals surface area contributed by atoms with Crippen molar-refractivity contribution in [1.29, 1.82) is 0 Å². The Morgan fingerprint density at radius 1 is 1.25 bits per heavy atom. The van der Waals surface area contributed by atoms with Gasteiger partial charge in [-0.25, -0.2) is 4.39 Å². The summed E-state index contributed by atoms with van der Waals surface area (Å²) in [6.07, 6.45) is 4.84. The standard InChI is InChI=1S/C16H17FN2O/c17-12-6-8-15-11(9-12)5-7-14(18-15)10-16(20)19-13-3-1-2-4-13/h5-9,13H,1-4,10H2,(H,19,20). The number of rotatable bonds is 3. The van der Waals surface area contributed by atoms with E-state index in [1.165, 1.54) is 25.0 Å². The monoisotopic (exact) mass is 272 g/mol. The second-order valence-corrected chi connectivity index (χ2v) is 5.37. The summed E-state index contributed by atoms with van der Waals surface area (Å²) in [4.78, 5) is 16.4. The summed E-state index contributed by atoms with van der Waals surface area (Å²) >= 11 is 0. The first-order valence-corrected chi connectivity index (χ1v) is 7.05. The van der Waals surface area contributed by atoms with E-state index < -0.39 is 0 Å². The highest BCUT2D eigenvalue weighted by molar-refractivity contribution is 5.81. The molecule has 3 nitrogen and oxygen atoms in total. The smallest absolute Gasteiger partial charge is 0.226 e. The lowest BCUT2D eigenvalue weighted by molar-refractivity contribution is -0.121. The van der Waals surface area contributed by atoms with E-state index >= 15 is 0 Å². The highest BCUT2D eigenvalue weighted by Gasteiger charge is 2.17. The lowest BCUT2D eigenvalue weighted by Gasteiger charge is -2.11. The number of nitrogens with one attached hydrogen (secondary N) is 1. The highest BCUT2D eigenvalue weighted by Crippen LogP contribution is 2.18. The third-order valence-corrected chi connectivity index (χ3v) is 3.77. The molecule has 104 valence electrons. The zero-order valence-corrected chi connectivity index (χ0v) is 11.2. The van der Waals surface area contributed by atoms with Crippen molar-refractivity contribution in [2.75, 3.05) is 0 Å². The Labute approximate surface area is 117 Å². The third kappa shape index (κ3) is 2.95. The third-order valence-electron chi connectivity index (χ3n) is 3.77. The molecule has 0 unspecified atom stereocenters. The summed E-state index contributed by atoms with van der Waals surface area (Å²) in [5, 5.41) is 3.80. The van der Waals surface area contributed by atoms with Crippen LogP contribution in [0.5, 0.6) is 0 Å². The van der Waals surface area contributed by atoms with Gasteiger partial charge < -0.3 is 5.32 Å². The van der Waals surface area contributed by atoms with Crippen molar-refractivity contribution in [3.05, 3.63) is 41.8 Å². The summed E-state index contributed by atoms with van der Waals surface area (Å²) in [7, 11) is 0. The average Bonchev–Trinajstić information content (AvgIpc) is 2.91. The van der Waals surface area contributed by atoms with Crippen molar-refractivity contribution in [3.8, 4) is 0 Å². The zero-order valence-electron chi connectivity index (χ0n) is 11.2. The quantitative estimate of drug-likeness (QED) is 0.933. The van der Waals surface area contributed by atoms with E-state index in [1.54, 1.807) is 12.1 Å². The molecule has 1 aliphatic rings. The number of pyridine rings is 1. The summed E-state index contributed by atoms with van der Waals surface area (Å²) < 4.78 is 13.1. The van der Waals surface area contributed by atoms with Gasteiger partial charge in [0.2, 0.25) is 5.91 Å². The molecule has 0 atom stereocenters. The molecule has 20 heavy (non-hydrogen) atoms. The van der Waals surface area contributed by atoms with Crippen molar-refractivity contribution >= 4 is 16.8 Å². The molecule has 1 aromatic heterocycles. The van der Waals surface area contributed by atoms with Gasteiger partial charge in [-0.3, -0.25) is 9.78 Å². The fraction of sp³-hybridized carbons (Fsp3) is 0.375.